The number of halogens is 4. The fraction of sp³-hybridized carbons (Fsp3) is 0. The number of carbonyl (C=O) groups excluding carboxylic acids is 2. The summed E-state index contributed by atoms with van der Waals surface area (Å²) in [5, 5.41) is 20.0. The number of pyridine rings is 2. The molecule has 0 aliphatic rings. The maximum Gasteiger partial charge on any atom is 2.00 e. The van der Waals surface area contributed by atoms with Crippen LogP contribution in [0.5, 0.6) is 0 Å². The Morgan fingerprint density at radius 3 is 1.24 bits per heavy atom. The Balaban J connectivity index is -0.000000346. The number of carbonyl (C=O) groups is 2. The molecule has 13 heteroatoms. The van der Waals surface area contributed by atoms with E-state index in [-0.39, 0.29) is 30.4 Å². The minimum Gasteiger partial charge on any atom is -0.543 e. The fourth-order valence-electron chi connectivity index (χ4n) is 1.13. The van der Waals surface area contributed by atoms with Gasteiger partial charge in [0, 0.05) is 12.1 Å². The smallest absolute Gasteiger partial charge is 0.543 e. The van der Waals surface area contributed by atoms with E-state index in [4.69, 9.17) is 0 Å². The molecule has 0 atom stereocenters. The number of hydrogen-bond acceptors (Lipinski definition) is 6. The minimum atomic E-state index is -1.76. The number of aromatic nitrogens is 2. The van der Waals surface area contributed by atoms with Crippen molar-refractivity contribution in [1.29, 1.82) is 0 Å². The van der Waals surface area contributed by atoms with Crippen molar-refractivity contribution < 1.29 is 67.8 Å². The summed E-state index contributed by atoms with van der Waals surface area (Å²) in [7, 11) is 0. The standard InChI is InChI=1S/2C6H3F2NO2.2H2O.Zn/c2*7-3-1-4(8)5(6(10)11)9-2-3;;;/h2*1-2H,(H,10,11);2*1H2;/q;;;;+2. The second kappa shape index (κ2) is 12.0. The Labute approximate surface area is 149 Å². The van der Waals surface area contributed by atoms with E-state index in [1.807, 2.05) is 0 Å². The summed E-state index contributed by atoms with van der Waals surface area (Å²) in [6.45, 7) is 0. The number of carboxylic acids is 2. The van der Waals surface area contributed by atoms with Crippen molar-refractivity contribution in [3.05, 3.63) is 59.2 Å². The van der Waals surface area contributed by atoms with Crippen LogP contribution in [-0.4, -0.2) is 21.9 Å². The molecule has 0 aliphatic heterocycles. The number of carboxylic acid groups (broad SMARTS) is 2. The number of rotatable bonds is 2. The Kier molecular flexibility index (Phi) is 13.1. The minimum absolute atomic E-state index is 0. The van der Waals surface area contributed by atoms with Crippen LogP contribution in [-0.2, 0) is 30.4 Å². The van der Waals surface area contributed by atoms with Crippen LogP contribution in [0.3, 0.4) is 0 Å². The Hall–Kier alpha value is -2.50. The van der Waals surface area contributed by atoms with Crippen LogP contribution in [0.25, 0.3) is 0 Å². The van der Waals surface area contributed by atoms with Crippen LogP contribution >= 0.6 is 0 Å². The zero-order chi connectivity index (χ0) is 16.9. The van der Waals surface area contributed by atoms with E-state index in [9.17, 15) is 37.4 Å². The van der Waals surface area contributed by atoms with E-state index in [0.717, 1.165) is 0 Å². The fourth-order valence-corrected chi connectivity index (χ4v) is 1.13. The largest absolute Gasteiger partial charge is 2.00 e. The number of aromatic carboxylic acids is 2. The average molecular weight is 420 g/mol. The second-order valence-electron chi connectivity index (χ2n) is 3.54. The molecule has 0 radical (unpaired) electrons. The van der Waals surface area contributed by atoms with Gasteiger partial charge in [-0.1, -0.05) is 0 Å². The molecular formula is C12H10F4N2O6Zn+2. The Bertz CT molecular complexity index is 673. The summed E-state index contributed by atoms with van der Waals surface area (Å²) in [6.07, 6.45) is 1.21. The van der Waals surface area contributed by atoms with Gasteiger partial charge in [-0.15, -0.1) is 0 Å². The third-order valence-corrected chi connectivity index (χ3v) is 2.00. The zero-order valence-corrected chi connectivity index (χ0v) is 15.2. The van der Waals surface area contributed by atoms with Crippen LogP contribution in [0.4, 0.5) is 17.6 Å². The van der Waals surface area contributed by atoms with Gasteiger partial charge >= 0.3 is 19.5 Å². The van der Waals surface area contributed by atoms with Crippen molar-refractivity contribution in [2.45, 2.75) is 0 Å². The predicted molar refractivity (Wildman–Crippen MR) is 66.7 cm³/mol. The molecule has 6 N–H and O–H groups in total. The summed E-state index contributed by atoms with van der Waals surface area (Å²) < 4.78 is 48.9. The van der Waals surface area contributed by atoms with E-state index in [0.29, 0.717) is 24.5 Å². The summed E-state index contributed by atoms with van der Waals surface area (Å²) in [6, 6.07) is 0.857. The molecule has 8 nitrogen and oxygen atoms in total. The van der Waals surface area contributed by atoms with E-state index >= 15 is 0 Å². The topological polar surface area (TPSA) is 172 Å². The second-order valence-corrected chi connectivity index (χ2v) is 3.54. The molecule has 0 fully saturated rings. The van der Waals surface area contributed by atoms with Crippen molar-refractivity contribution in [3.63, 3.8) is 0 Å². The molecule has 132 valence electrons. The summed E-state index contributed by atoms with van der Waals surface area (Å²) in [5.74, 6) is -7.83. The quantitative estimate of drug-likeness (QED) is 0.298. The van der Waals surface area contributed by atoms with Crippen molar-refractivity contribution >= 4 is 11.9 Å². The molecule has 2 aromatic rings. The van der Waals surface area contributed by atoms with E-state index in [1.165, 1.54) is 0 Å². The van der Waals surface area contributed by atoms with E-state index < -0.39 is 46.6 Å². The molecule has 2 heterocycles. The molecule has 0 spiro atoms. The van der Waals surface area contributed by atoms with Crippen LogP contribution in [0, 0.1) is 23.3 Å². The SMILES string of the molecule is O=C([O-])c1ncc(F)cc1F.O=C([O-])c1ncc(F)cc1F.[OH3+].[OH3+].[Zn+2]. The van der Waals surface area contributed by atoms with Gasteiger partial charge in [-0.3, -0.25) is 0 Å². The number of hydrogen-bond donors (Lipinski definition) is 0. The predicted octanol–water partition coefficient (Wildman–Crippen LogP) is -2.40. The van der Waals surface area contributed by atoms with Crippen LogP contribution < -0.4 is 10.2 Å². The Morgan fingerprint density at radius 2 is 1.04 bits per heavy atom. The van der Waals surface area contributed by atoms with Crippen molar-refractivity contribution in [2.24, 2.45) is 0 Å². The maximum absolute atomic E-state index is 12.4. The third-order valence-electron chi connectivity index (χ3n) is 2.00. The van der Waals surface area contributed by atoms with Crippen LogP contribution in [0.2, 0.25) is 0 Å². The normalized spacial score (nSPS) is 8.48. The molecule has 0 amide bonds. The van der Waals surface area contributed by atoms with Gasteiger partial charge in [0.2, 0.25) is 0 Å². The monoisotopic (exact) mass is 418 g/mol. The molecule has 0 aromatic carbocycles. The van der Waals surface area contributed by atoms with E-state index in [2.05, 4.69) is 9.97 Å². The first-order chi connectivity index (χ1) is 10.2. The maximum atomic E-state index is 12.4. The van der Waals surface area contributed by atoms with Crippen LogP contribution in [0.1, 0.15) is 21.0 Å². The Morgan fingerprint density at radius 1 is 0.760 bits per heavy atom. The van der Waals surface area contributed by atoms with Gasteiger partial charge in [-0.2, -0.15) is 0 Å². The van der Waals surface area contributed by atoms with Crippen molar-refractivity contribution in [2.75, 3.05) is 0 Å². The van der Waals surface area contributed by atoms with Gasteiger partial charge in [0.25, 0.3) is 0 Å². The first-order valence-electron chi connectivity index (χ1n) is 5.27. The molecule has 2 aromatic heterocycles. The van der Waals surface area contributed by atoms with Gasteiger partial charge in [0.05, 0.1) is 24.3 Å². The van der Waals surface area contributed by atoms with Crippen LogP contribution in [0.15, 0.2) is 24.5 Å². The van der Waals surface area contributed by atoms with Gasteiger partial charge in [-0.25, -0.2) is 27.5 Å². The van der Waals surface area contributed by atoms with Crippen molar-refractivity contribution in [1.82, 2.24) is 9.97 Å². The van der Waals surface area contributed by atoms with Gasteiger partial charge in [0.15, 0.2) is 11.6 Å². The average Bonchev–Trinajstić information content (AvgIpc) is 2.38. The molecule has 0 saturated heterocycles. The third kappa shape index (κ3) is 8.24. The molecule has 0 aliphatic carbocycles. The van der Waals surface area contributed by atoms with Gasteiger partial charge in [-0.05, 0) is 0 Å². The summed E-state index contributed by atoms with van der Waals surface area (Å²) in [4.78, 5) is 25.9. The zero-order valence-electron chi connectivity index (χ0n) is 12.2. The molecule has 0 bridgehead atoms. The summed E-state index contributed by atoms with van der Waals surface area (Å²) in [5.41, 5.74) is -1.77. The van der Waals surface area contributed by atoms with Gasteiger partial charge < -0.3 is 30.8 Å². The molecular weight excluding hydrogens is 410 g/mol. The number of nitrogens with zero attached hydrogens (tertiary/aromatic N) is 2. The molecule has 0 saturated carbocycles. The van der Waals surface area contributed by atoms with Crippen molar-refractivity contribution in [3.8, 4) is 0 Å². The molecule has 2 rings (SSSR count). The summed E-state index contributed by atoms with van der Waals surface area (Å²) >= 11 is 0. The van der Waals surface area contributed by atoms with E-state index in [1.54, 1.807) is 0 Å². The molecule has 25 heavy (non-hydrogen) atoms. The first kappa shape index (κ1) is 27.4. The first-order valence-corrected chi connectivity index (χ1v) is 5.27. The molecule has 0 unspecified atom stereocenters. The van der Waals surface area contributed by atoms with Gasteiger partial charge in [0.1, 0.15) is 23.0 Å².